The molecular weight excluding hydrogens is 234 g/mol. The number of ether oxygens (including phenoxy) is 1. The van der Waals surface area contributed by atoms with Crippen LogP contribution in [0.4, 0.5) is 0 Å². The number of para-hydroxylation sites is 1. The summed E-state index contributed by atoms with van der Waals surface area (Å²) in [6.45, 7) is 0. The minimum atomic E-state index is 0.104. The second-order valence-electron chi connectivity index (χ2n) is 4.82. The molecule has 0 N–H and O–H groups in total. The zero-order chi connectivity index (χ0) is 12.7. The summed E-state index contributed by atoms with van der Waals surface area (Å²) in [7, 11) is 0. The van der Waals surface area contributed by atoms with Gasteiger partial charge in [0.25, 0.3) is 0 Å². The summed E-state index contributed by atoms with van der Waals surface area (Å²) in [5, 5.41) is 1.17. The second-order valence-corrected chi connectivity index (χ2v) is 4.82. The van der Waals surface area contributed by atoms with Gasteiger partial charge in [0.15, 0.2) is 0 Å². The summed E-state index contributed by atoms with van der Waals surface area (Å²) in [5.41, 5.74) is 3.28. The van der Waals surface area contributed by atoms with Gasteiger partial charge < -0.3 is 4.74 Å². The lowest BCUT2D eigenvalue weighted by Crippen LogP contribution is -1.89. The SMILES string of the molecule is c1ccc(C2OC2c2ccc3ccccc3n2)cc1. The van der Waals surface area contributed by atoms with Gasteiger partial charge in [-0.3, -0.25) is 0 Å². The van der Waals surface area contributed by atoms with E-state index in [-0.39, 0.29) is 12.2 Å². The maximum absolute atomic E-state index is 5.78. The maximum Gasteiger partial charge on any atom is 0.131 e. The van der Waals surface area contributed by atoms with Crippen LogP contribution in [0.3, 0.4) is 0 Å². The third kappa shape index (κ3) is 1.90. The Morgan fingerprint density at radius 1 is 0.737 bits per heavy atom. The number of epoxide rings is 1. The Morgan fingerprint density at radius 2 is 1.53 bits per heavy atom. The molecule has 0 radical (unpaired) electrons. The molecule has 19 heavy (non-hydrogen) atoms. The first-order valence-electron chi connectivity index (χ1n) is 6.48. The molecular formula is C17H13NO. The van der Waals surface area contributed by atoms with Crippen LogP contribution in [-0.2, 0) is 4.74 Å². The lowest BCUT2D eigenvalue weighted by molar-refractivity contribution is 0.375. The van der Waals surface area contributed by atoms with Gasteiger partial charge in [0, 0.05) is 5.39 Å². The highest BCUT2D eigenvalue weighted by molar-refractivity contribution is 5.78. The highest BCUT2D eigenvalue weighted by Crippen LogP contribution is 2.50. The molecule has 1 aliphatic rings. The largest absolute Gasteiger partial charge is 0.358 e. The Hall–Kier alpha value is -2.19. The second kappa shape index (κ2) is 4.18. The normalized spacial score (nSPS) is 21.5. The van der Waals surface area contributed by atoms with Gasteiger partial charge in [0.1, 0.15) is 12.2 Å². The molecule has 2 nitrogen and oxygen atoms in total. The van der Waals surface area contributed by atoms with E-state index in [1.165, 1.54) is 10.9 Å². The summed E-state index contributed by atoms with van der Waals surface area (Å²) >= 11 is 0. The Labute approximate surface area is 111 Å². The van der Waals surface area contributed by atoms with Crippen molar-refractivity contribution in [2.45, 2.75) is 12.2 Å². The number of hydrogen-bond acceptors (Lipinski definition) is 2. The lowest BCUT2D eigenvalue weighted by Gasteiger charge is -2.00. The summed E-state index contributed by atoms with van der Waals surface area (Å²) in [4.78, 5) is 4.69. The van der Waals surface area contributed by atoms with Crippen LogP contribution < -0.4 is 0 Å². The van der Waals surface area contributed by atoms with Crippen LogP contribution in [0.1, 0.15) is 23.5 Å². The van der Waals surface area contributed by atoms with Gasteiger partial charge in [-0.2, -0.15) is 0 Å². The molecule has 0 spiro atoms. The van der Waals surface area contributed by atoms with Crippen molar-refractivity contribution in [1.82, 2.24) is 4.98 Å². The van der Waals surface area contributed by atoms with E-state index in [1.807, 2.05) is 36.4 Å². The Balaban J connectivity index is 1.66. The van der Waals surface area contributed by atoms with Gasteiger partial charge in [-0.15, -0.1) is 0 Å². The fourth-order valence-corrected chi connectivity index (χ4v) is 2.47. The summed E-state index contributed by atoms with van der Waals surface area (Å²) in [5.74, 6) is 0. The third-order valence-corrected chi connectivity index (χ3v) is 3.53. The third-order valence-electron chi connectivity index (χ3n) is 3.53. The standard InChI is InChI=1S/C17H13NO/c1-2-7-13(8-3-1)16-17(19-16)15-11-10-12-6-4-5-9-14(12)18-15/h1-11,16-17H. The number of hydrogen-bond donors (Lipinski definition) is 0. The minimum Gasteiger partial charge on any atom is -0.358 e. The van der Waals surface area contributed by atoms with Gasteiger partial charge in [0.05, 0.1) is 11.2 Å². The molecule has 4 rings (SSSR count). The molecule has 2 unspecified atom stereocenters. The molecule has 2 aromatic carbocycles. The van der Waals surface area contributed by atoms with E-state index < -0.39 is 0 Å². The highest BCUT2D eigenvalue weighted by atomic mass is 16.6. The molecule has 1 saturated heterocycles. The van der Waals surface area contributed by atoms with E-state index in [2.05, 4.69) is 35.3 Å². The smallest absolute Gasteiger partial charge is 0.131 e. The van der Waals surface area contributed by atoms with Crippen molar-refractivity contribution in [3.63, 3.8) is 0 Å². The molecule has 3 aromatic rings. The van der Waals surface area contributed by atoms with Gasteiger partial charge in [-0.1, -0.05) is 54.6 Å². The number of rotatable bonds is 2. The number of pyridine rings is 1. The van der Waals surface area contributed by atoms with Crippen molar-refractivity contribution in [1.29, 1.82) is 0 Å². The van der Waals surface area contributed by atoms with Crippen LogP contribution in [0.15, 0.2) is 66.7 Å². The molecule has 2 heterocycles. The van der Waals surface area contributed by atoms with Crippen molar-refractivity contribution < 1.29 is 4.74 Å². The Morgan fingerprint density at radius 3 is 2.42 bits per heavy atom. The van der Waals surface area contributed by atoms with Crippen molar-refractivity contribution in [3.05, 3.63) is 78.0 Å². The van der Waals surface area contributed by atoms with E-state index >= 15 is 0 Å². The predicted octanol–water partition coefficient (Wildman–Crippen LogP) is 4.05. The predicted molar refractivity (Wildman–Crippen MR) is 74.8 cm³/mol. The monoisotopic (exact) mass is 247 g/mol. The lowest BCUT2D eigenvalue weighted by atomic mass is 10.1. The fourth-order valence-electron chi connectivity index (χ4n) is 2.47. The van der Waals surface area contributed by atoms with Crippen LogP contribution in [0.2, 0.25) is 0 Å². The van der Waals surface area contributed by atoms with Crippen LogP contribution in [0, 0.1) is 0 Å². The molecule has 2 atom stereocenters. The first-order valence-corrected chi connectivity index (χ1v) is 6.48. The highest BCUT2D eigenvalue weighted by Gasteiger charge is 2.42. The first-order chi connectivity index (χ1) is 9.42. The van der Waals surface area contributed by atoms with E-state index in [9.17, 15) is 0 Å². The molecule has 0 bridgehead atoms. The zero-order valence-electron chi connectivity index (χ0n) is 10.4. The molecule has 1 fully saturated rings. The van der Waals surface area contributed by atoms with Gasteiger partial charge in [-0.25, -0.2) is 4.98 Å². The van der Waals surface area contributed by atoms with Gasteiger partial charge in [0.2, 0.25) is 0 Å². The van der Waals surface area contributed by atoms with E-state index in [1.54, 1.807) is 0 Å². The summed E-state index contributed by atoms with van der Waals surface area (Å²) in [6, 6.07) is 22.7. The number of fused-ring (bicyclic) bond motifs is 1. The maximum atomic E-state index is 5.78. The average Bonchev–Trinajstić information content (AvgIpc) is 3.28. The minimum absolute atomic E-state index is 0.104. The molecule has 2 heteroatoms. The fraction of sp³-hybridized carbons (Fsp3) is 0.118. The topological polar surface area (TPSA) is 25.4 Å². The van der Waals surface area contributed by atoms with E-state index in [0.29, 0.717) is 0 Å². The summed E-state index contributed by atoms with van der Waals surface area (Å²) in [6.07, 6.45) is 0.266. The van der Waals surface area contributed by atoms with E-state index in [0.717, 1.165) is 11.2 Å². The van der Waals surface area contributed by atoms with Gasteiger partial charge in [-0.05, 0) is 17.7 Å². The van der Waals surface area contributed by atoms with Crippen molar-refractivity contribution >= 4 is 10.9 Å². The number of aromatic nitrogens is 1. The Kier molecular flexibility index (Phi) is 2.35. The molecule has 1 aliphatic heterocycles. The number of nitrogens with zero attached hydrogens (tertiary/aromatic N) is 1. The van der Waals surface area contributed by atoms with Crippen molar-refractivity contribution in [2.24, 2.45) is 0 Å². The Bertz CT molecular complexity index is 723. The van der Waals surface area contributed by atoms with Crippen molar-refractivity contribution in [3.8, 4) is 0 Å². The number of benzene rings is 2. The van der Waals surface area contributed by atoms with Crippen LogP contribution in [0.25, 0.3) is 10.9 Å². The van der Waals surface area contributed by atoms with E-state index in [4.69, 9.17) is 4.74 Å². The van der Waals surface area contributed by atoms with Crippen LogP contribution in [0.5, 0.6) is 0 Å². The van der Waals surface area contributed by atoms with Crippen LogP contribution in [-0.4, -0.2) is 4.98 Å². The molecule has 92 valence electrons. The average molecular weight is 247 g/mol. The molecule has 0 amide bonds. The van der Waals surface area contributed by atoms with Gasteiger partial charge >= 0.3 is 0 Å². The molecule has 0 saturated carbocycles. The first kappa shape index (κ1) is 10.7. The van der Waals surface area contributed by atoms with Crippen LogP contribution >= 0.6 is 0 Å². The molecule has 1 aromatic heterocycles. The quantitative estimate of drug-likeness (QED) is 0.638. The summed E-state index contributed by atoms with van der Waals surface area (Å²) < 4.78 is 5.78. The molecule has 0 aliphatic carbocycles. The van der Waals surface area contributed by atoms with Crippen molar-refractivity contribution in [2.75, 3.05) is 0 Å². The zero-order valence-corrected chi connectivity index (χ0v) is 10.4.